The summed E-state index contributed by atoms with van der Waals surface area (Å²) in [6, 6.07) is 0.323. The number of nitrogens with two attached hydrogens (primary N) is 1. The van der Waals surface area contributed by atoms with Crippen LogP contribution >= 0.6 is 0 Å². The summed E-state index contributed by atoms with van der Waals surface area (Å²) in [7, 11) is 0. The lowest BCUT2D eigenvalue weighted by Gasteiger charge is -2.29. The molecular formula is C7H13N3O. The van der Waals surface area contributed by atoms with Crippen molar-refractivity contribution in [2.24, 2.45) is 5.73 Å². The number of carbonyl (C=O) groups excluding carboxylic acids is 1. The van der Waals surface area contributed by atoms with Gasteiger partial charge in [-0.15, -0.1) is 0 Å². The molecule has 0 aromatic rings. The molecule has 1 aliphatic heterocycles. The molecule has 11 heavy (non-hydrogen) atoms. The van der Waals surface area contributed by atoms with Gasteiger partial charge >= 0.3 is 0 Å². The van der Waals surface area contributed by atoms with Crippen molar-refractivity contribution in [2.75, 3.05) is 13.1 Å². The van der Waals surface area contributed by atoms with E-state index >= 15 is 0 Å². The van der Waals surface area contributed by atoms with Crippen molar-refractivity contribution in [2.45, 2.75) is 24.4 Å². The number of rotatable bonds is 2. The quantitative estimate of drug-likeness (QED) is 0.458. The van der Waals surface area contributed by atoms with Crippen LogP contribution in [0.4, 0.5) is 0 Å². The maximum Gasteiger partial charge on any atom is 0.240 e. The molecule has 0 radical (unpaired) electrons. The molecule has 0 unspecified atom stereocenters. The molecule has 2 aliphatic rings. The lowest BCUT2D eigenvalue weighted by Crippen LogP contribution is -2.60. The predicted molar refractivity (Wildman–Crippen MR) is 41.0 cm³/mol. The first-order valence-corrected chi connectivity index (χ1v) is 4.01. The second-order valence-electron chi connectivity index (χ2n) is 3.48. The number of amides is 1. The second kappa shape index (κ2) is 2.19. The van der Waals surface area contributed by atoms with Gasteiger partial charge < -0.3 is 16.4 Å². The van der Waals surface area contributed by atoms with E-state index in [0.717, 1.165) is 25.9 Å². The zero-order valence-electron chi connectivity index (χ0n) is 6.39. The molecule has 1 aliphatic carbocycles. The van der Waals surface area contributed by atoms with E-state index in [0.29, 0.717) is 6.04 Å². The van der Waals surface area contributed by atoms with Crippen molar-refractivity contribution in [3.05, 3.63) is 0 Å². The van der Waals surface area contributed by atoms with Crippen LogP contribution in [0.3, 0.4) is 0 Å². The molecule has 1 amide bonds. The molecule has 2 fully saturated rings. The van der Waals surface area contributed by atoms with Gasteiger partial charge in [0.1, 0.15) is 0 Å². The maximum absolute atomic E-state index is 11.3. The Morgan fingerprint density at radius 1 is 1.55 bits per heavy atom. The highest BCUT2D eigenvalue weighted by Gasteiger charge is 2.46. The smallest absolute Gasteiger partial charge is 0.240 e. The van der Waals surface area contributed by atoms with Crippen LogP contribution in [0.1, 0.15) is 12.8 Å². The number of hydrogen-bond donors (Lipinski definition) is 3. The Labute approximate surface area is 65.5 Å². The first-order chi connectivity index (χ1) is 5.21. The highest BCUT2D eigenvalue weighted by Crippen LogP contribution is 2.32. The van der Waals surface area contributed by atoms with E-state index in [1.165, 1.54) is 0 Å². The molecular weight excluding hydrogens is 142 g/mol. The topological polar surface area (TPSA) is 67.2 Å². The van der Waals surface area contributed by atoms with Crippen LogP contribution < -0.4 is 16.4 Å². The van der Waals surface area contributed by atoms with Gasteiger partial charge in [-0.05, 0) is 12.8 Å². The van der Waals surface area contributed by atoms with Gasteiger partial charge in [0.2, 0.25) is 5.91 Å². The van der Waals surface area contributed by atoms with E-state index in [1.54, 1.807) is 0 Å². The third kappa shape index (κ3) is 1.23. The maximum atomic E-state index is 11.3. The number of carbonyl (C=O) groups is 1. The molecule has 0 atom stereocenters. The summed E-state index contributed by atoms with van der Waals surface area (Å²) >= 11 is 0. The summed E-state index contributed by atoms with van der Waals surface area (Å²) in [5, 5.41) is 5.98. The van der Waals surface area contributed by atoms with E-state index in [1.807, 2.05) is 0 Å². The average molecular weight is 155 g/mol. The van der Waals surface area contributed by atoms with Gasteiger partial charge in [-0.25, -0.2) is 0 Å². The lowest BCUT2D eigenvalue weighted by atomic mass is 10.1. The molecule has 1 saturated heterocycles. The zero-order chi connectivity index (χ0) is 7.90. The molecule has 62 valence electrons. The molecule has 2 rings (SSSR count). The van der Waals surface area contributed by atoms with E-state index in [4.69, 9.17) is 5.73 Å². The fourth-order valence-corrected chi connectivity index (χ4v) is 1.08. The van der Waals surface area contributed by atoms with Crippen molar-refractivity contribution < 1.29 is 4.79 Å². The number of nitrogens with one attached hydrogen (secondary N) is 2. The molecule has 0 bridgehead atoms. The van der Waals surface area contributed by atoms with Crippen molar-refractivity contribution in [1.82, 2.24) is 10.6 Å². The first-order valence-electron chi connectivity index (χ1n) is 4.01. The molecule has 4 N–H and O–H groups in total. The SMILES string of the molecule is NC1(C(=O)NC2CNC2)CC1. The summed E-state index contributed by atoms with van der Waals surface area (Å²) in [5.74, 6) is 0.0315. The molecule has 0 aromatic carbocycles. The van der Waals surface area contributed by atoms with Crippen molar-refractivity contribution in [3.63, 3.8) is 0 Å². The Balaban J connectivity index is 1.81. The standard InChI is InChI=1S/C7H13N3O/c8-7(1-2-7)6(11)10-5-3-9-4-5/h5,9H,1-4,8H2,(H,10,11). The Morgan fingerprint density at radius 2 is 2.18 bits per heavy atom. The largest absolute Gasteiger partial charge is 0.349 e. The zero-order valence-corrected chi connectivity index (χ0v) is 6.39. The van der Waals surface area contributed by atoms with Gasteiger partial charge in [-0.1, -0.05) is 0 Å². The Kier molecular flexibility index (Phi) is 1.40. The molecule has 1 heterocycles. The predicted octanol–water partition coefficient (Wildman–Crippen LogP) is -1.43. The normalized spacial score (nSPS) is 27.4. The van der Waals surface area contributed by atoms with Gasteiger partial charge in [0.25, 0.3) is 0 Å². The third-order valence-electron chi connectivity index (χ3n) is 2.36. The van der Waals surface area contributed by atoms with E-state index in [2.05, 4.69) is 10.6 Å². The second-order valence-corrected chi connectivity index (χ2v) is 3.48. The van der Waals surface area contributed by atoms with Gasteiger partial charge in [0.05, 0.1) is 11.6 Å². The van der Waals surface area contributed by atoms with Crippen LogP contribution in [0.5, 0.6) is 0 Å². The van der Waals surface area contributed by atoms with Crippen LogP contribution in [0.2, 0.25) is 0 Å². The number of hydrogen-bond acceptors (Lipinski definition) is 3. The van der Waals surface area contributed by atoms with Crippen LogP contribution in [-0.2, 0) is 4.79 Å². The summed E-state index contributed by atoms with van der Waals surface area (Å²) < 4.78 is 0. The Morgan fingerprint density at radius 3 is 2.55 bits per heavy atom. The highest BCUT2D eigenvalue weighted by molar-refractivity contribution is 5.89. The minimum absolute atomic E-state index is 0.0315. The summed E-state index contributed by atoms with van der Waals surface area (Å²) in [6.07, 6.45) is 1.69. The highest BCUT2D eigenvalue weighted by atomic mass is 16.2. The average Bonchev–Trinajstić information content (AvgIpc) is 2.59. The minimum atomic E-state index is -0.504. The Bertz CT molecular complexity index is 184. The first kappa shape index (κ1) is 7.06. The molecule has 4 heteroatoms. The van der Waals surface area contributed by atoms with Crippen LogP contribution in [0.25, 0.3) is 0 Å². The van der Waals surface area contributed by atoms with Crippen molar-refractivity contribution >= 4 is 5.91 Å². The molecule has 0 spiro atoms. The molecule has 4 nitrogen and oxygen atoms in total. The fraction of sp³-hybridized carbons (Fsp3) is 0.857. The molecule has 0 aromatic heterocycles. The van der Waals surface area contributed by atoms with Crippen molar-refractivity contribution in [1.29, 1.82) is 0 Å². The van der Waals surface area contributed by atoms with E-state index < -0.39 is 5.54 Å². The summed E-state index contributed by atoms with van der Waals surface area (Å²) in [6.45, 7) is 1.78. The van der Waals surface area contributed by atoms with E-state index in [-0.39, 0.29) is 5.91 Å². The van der Waals surface area contributed by atoms with Gasteiger partial charge in [0.15, 0.2) is 0 Å². The van der Waals surface area contributed by atoms with Gasteiger partial charge in [0, 0.05) is 13.1 Å². The summed E-state index contributed by atoms with van der Waals surface area (Å²) in [5.41, 5.74) is 5.18. The monoisotopic (exact) mass is 155 g/mol. The van der Waals surface area contributed by atoms with Crippen LogP contribution in [0.15, 0.2) is 0 Å². The van der Waals surface area contributed by atoms with Gasteiger partial charge in [-0.3, -0.25) is 4.79 Å². The van der Waals surface area contributed by atoms with Crippen LogP contribution in [0, 0.1) is 0 Å². The lowest BCUT2D eigenvalue weighted by molar-refractivity contribution is -0.124. The van der Waals surface area contributed by atoms with Crippen LogP contribution in [-0.4, -0.2) is 30.6 Å². The van der Waals surface area contributed by atoms with Crippen molar-refractivity contribution in [3.8, 4) is 0 Å². The third-order valence-corrected chi connectivity index (χ3v) is 2.36. The fourth-order valence-electron chi connectivity index (χ4n) is 1.08. The minimum Gasteiger partial charge on any atom is -0.349 e. The molecule has 1 saturated carbocycles. The Hall–Kier alpha value is -0.610. The van der Waals surface area contributed by atoms with E-state index in [9.17, 15) is 4.79 Å². The summed E-state index contributed by atoms with van der Waals surface area (Å²) in [4.78, 5) is 11.3. The van der Waals surface area contributed by atoms with Gasteiger partial charge in [-0.2, -0.15) is 0 Å².